The van der Waals surface area contributed by atoms with Crippen LogP contribution in [0.25, 0.3) is 0 Å². The number of hydrogen-bond donors (Lipinski definition) is 2. The molecule has 1 aromatic carbocycles. The van der Waals surface area contributed by atoms with Gasteiger partial charge in [0.25, 0.3) is 0 Å². The van der Waals surface area contributed by atoms with Crippen LogP contribution in [0.3, 0.4) is 0 Å². The van der Waals surface area contributed by atoms with Crippen LogP contribution in [0, 0.1) is 0 Å². The monoisotopic (exact) mass is 318 g/mol. The SMILES string of the molecule is N[C@@]1(c2ccccc2Cl)CCC[C@@H](OO[P+](=O)O)C1=O. The first-order chi connectivity index (χ1) is 9.45. The van der Waals surface area contributed by atoms with Crippen LogP contribution in [0.1, 0.15) is 24.8 Å². The summed E-state index contributed by atoms with van der Waals surface area (Å²) in [6, 6.07) is 6.84. The van der Waals surface area contributed by atoms with Crippen LogP contribution >= 0.6 is 19.9 Å². The topological polar surface area (TPSA) is 98.8 Å². The lowest BCUT2D eigenvalue weighted by molar-refractivity contribution is -0.246. The van der Waals surface area contributed by atoms with Crippen molar-refractivity contribution in [1.29, 1.82) is 0 Å². The first-order valence-corrected chi connectivity index (χ1v) is 7.54. The summed E-state index contributed by atoms with van der Waals surface area (Å²) in [5.41, 5.74) is 5.47. The molecule has 1 aromatic rings. The maximum absolute atomic E-state index is 12.4. The van der Waals surface area contributed by atoms with Crippen molar-refractivity contribution in [3.8, 4) is 0 Å². The molecule has 0 saturated heterocycles. The summed E-state index contributed by atoms with van der Waals surface area (Å²) in [6.07, 6.45) is 0.451. The van der Waals surface area contributed by atoms with Gasteiger partial charge in [-0.2, -0.15) is 4.89 Å². The van der Waals surface area contributed by atoms with Gasteiger partial charge in [-0.25, -0.2) is 0 Å². The van der Waals surface area contributed by atoms with Crippen LogP contribution in [-0.4, -0.2) is 16.8 Å². The Morgan fingerprint density at radius 2 is 2.15 bits per heavy atom. The van der Waals surface area contributed by atoms with Gasteiger partial charge in [-0.3, -0.25) is 4.79 Å². The predicted molar refractivity (Wildman–Crippen MR) is 72.0 cm³/mol. The van der Waals surface area contributed by atoms with Crippen molar-refractivity contribution in [1.82, 2.24) is 0 Å². The van der Waals surface area contributed by atoms with Gasteiger partial charge in [0.2, 0.25) is 0 Å². The molecular weight excluding hydrogens is 305 g/mol. The lowest BCUT2D eigenvalue weighted by atomic mass is 9.75. The third-order valence-electron chi connectivity index (χ3n) is 3.35. The minimum absolute atomic E-state index is 0.380. The number of ketones is 1. The van der Waals surface area contributed by atoms with Crippen LogP contribution in [0.15, 0.2) is 24.3 Å². The Bertz CT molecular complexity index is 540. The molecule has 2 rings (SSSR count). The van der Waals surface area contributed by atoms with E-state index in [1.807, 2.05) is 0 Å². The van der Waals surface area contributed by atoms with Gasteiger partial charge in [0.1, 0.15) is 5.54 Å². The second-order valence-electron chi connectivity index (χ2n) is 4.60. The highest BCUT2D eigenvalue weighted by molar-refractivity contribution is 7.31. The standard InChI is InChI=1S/C12H13ClNO5P/c13-9-5-2-1-4-8(9)12(14)7-3-6-10(11(12)15)18-19-20(16)17/h1-2,4-5,10H,3,6-7,14H2/p+1/t10-,12-/m1/s1. The van der Waals surface area contributed by atoms with Gasteiger partial charge < -0.3 is 5.73 Å². The first-order valence-electron chi connectivity index (χ1n) is 6.03. The first kappa shape index (κ1) is 15.5. The van der Waals surface area contributed by atoms with Gasteiger partial charge >= 0.3 is 8.25 Å². The van der Waals surface area contributed by atoms with Gasteiger partial charge in [-0.15, -0.1) is 4.89 Å². The molecule has 0 aliphatic heterocycles. The summed E-state index contributed by atoms with van der Waals surface area (Å²) >= 11 is 6.10. The summed E-state index contributed by atoms with van der Waals surface area (Å²) in [6.45, 7) is 0. The number of hydrogen-bond acceptors (Lipinski definition) is 5. The lowest BCUT2D eigenvalue weighted by Crippen LogP contribution is -2.53. The van der Waals surface area contributed by atoms with E-state index < -0.39 is 25.7 Å². The molecule has 0 spiro atoms. The molecule has 0 radical (unpaired) electrons. The smallest absolute Gasteiger partial charge is 0.315 e. The molecule has 0 heterocycles. The second kappa shape index (κ2) is 6.26. The second-order valence-corrected chi connectivity index (χ2v) is 5.64. The third kappa shape index (κ3) is 3.06. The van der Waals surface area contributed by atoms with Crippen LogP contribution in [-0.2, 0) is 24.5 Å². The zero-order chi connectivity index (χ0) is 14.8. The number of rotatable bonds is 4. The van der Waals surface area contributed by atoms with Crippen molar-refractivity contribution in [3.05, 3.63) is 34.9 Å². The molecule has 8 heteroatoms. The Balaban J connectivity index is 2.25. The average Bonchev–Trinajstić information content (AvgIpc) is 2.41. The molecule has 3 atom stereocenters. The normalized spacial score (nSPS) is 27.4. The molecule has 20 heavy (non-hydrogen) atoms. The summed E-state index contributed by atoms with van der Waals surface area (Å²) in [5.74, 6) is -0.409. The van der Waals surface area contributed by atoms with Crippen LogP contribution in [0.2, 0.25) is 5.02 Å². The summed E-state index contributed by atoms with van der Waals surface area (Å²) in [4.78, 5) is 25.7. The van der Waals surface area contributed by atoms with E-state index in [1.54, 1.807) is 24.3 Å². The Labute approximate surface area is 121 Å². The van der Waals surface area contributed by atoms with Gasteiger partial charge in [0.15, 0.2) is 11.9 Å². The Morgan fingerprint density at radius 3 is 2.80 bits per heavy atom. The molecule has 6 nitrogen and oxygen atoms in total. The number of nitrogens with two attached hydrogens (primary N) is 1. The molecule has 3 N–H and O–H groups in total. The van der Waals surface area contributed by atoms with E-state index in [9.17, 15) is 9.36 Å². The fraction of sp³-hybridized carbons (Fsp3) is 0.417. The van der Waals surface area contributed by atoms with E-state index >= 15 is 0 Å². The largest absolute Gasteiger partial charge is 0.726 e. The minimum atomic E-state index is -2.93. The fourth-order valence-electron chi connectivity index (χ4n) is 2.38. The Kier molecular flexibility index (Phi) is 4.86. The van der Waals surface area contributed by atoms with Crippen molar-refractivity contribution in [2.75, 3.05) is 0 Å². The third-order valence-corrected chi connectivity index (χ3v) is 3.89. The van der Waals surface area contributed by atoms with Crippen molar-refractivity contribution < 1.29 is 23.8 Å². The van der Waals surface area contributed by atoms with Gasteiger partial charge in [-0.05, 0) is 30.9 Å². The van der Waals surface area contributed by atoms with Crippen molar-refractivity contribution >= 4 is 25.6 Å². The lowest BCUT2D eigenvalue weighted by Gasteiger charge is -2.35. The number of halogens is 1. The quantitative estimate of drug-likeness (QED) is 0.501. The van der Waals surface area contributed by atoms with Crippen molar-refractivity contribution in [2.24, 2.45) is 5.73 Å². The van der Waals surface area contributed by atoms with E-state index in [1.165, 1.54) is 0 Å². The summed E-state index contributed by atoms with van der Waals surface area (Å²) < 4.78 is 14.6. The van der Waals surface area contributed by atoms with E-state index in [4.69, 9.17) is 27.1 Å². The number of benzene rings is 1. The highest BCUT2D eigenvalue weighted by Gasteiger charge is 2.46. The molecule has 0 aromatic heterocycles. The summed E-state index contributed by atoms with van der Waals surface area (Å²) in [7, 11) is -2.93. The molecule has 1 saturated carbocycles. The highest BCUT2D eigenvalue weighted by Crippen LogP contribution is 2.37. The van der Waals surface area contributed by atoms with E-state index in [0.29, 0.717) is 29.8 Å². The van der Waals surface area contributed by atoms with Crippen LogP contribution in [0.5, 0.6) is 0 Å². The van der Waals surface area contributed by atoms with Gasteiger partial charge in [0.05, 0.1) is 4.67 Å². The maximum atomic E-state index is 12.4. The van der Waals surface area contributed by atoms with E-state index in [-0.39, 0.29) is 0 Å². The Morgan fingerprint density at radius 1 is 1.45 bits per heavy atom. The minimum Gasteiger partial charge on any atom is -0.315 e. The number of Topliss-reactive ketones (excluding diaryl/α,β-unsaturated/α-hetero) is 1. The van der Waals surface area contributed by atoms with Crippen molar-refractivity contribution in [3.63, 3.8) is 0 Å². The van der Waals surface area contributed by atoms with Gasteiger partial charge in [0, 0.05) is 9.59 Å². The van der Waals surface area contributed by atoms with E-state index in [0.717, 1.165) is 0 Å². The fourth-order valence-corrected chi connectivity index (χ4v) is 2.86. The van der Waals surface area contributed by atoms with Gasteiger partial charge in [-0.1, -0.05) is 29.8 Å². The number of carbonyl (C=O) groups is 1. The molecular formula is C12H14ClNO5P+. The average molecular weight is 319 g/mol. The van der Waals surface area contributed by atoms with Crippen LogP contribution < -0.4 is 5.73 Å². The molecule has 108 valence electrons. The zero-order valence-electron chi connectivity index (χ0n) is 10.5. The van der Waals surface area contributed by atoms with Crippen molar-refractivity contribution in [2.45, 2.75) is 30.9 Å². The highest BCUT2D eigenvalue weighted by atomic mass is 35.5. The zero-order valence-corrected chi connectivity index (χ0v) is 12.1. The predicted octanol–water partition coefficient (Wildman–Crippen LogP) is 2.21. The maximum Gasteiger partial charge on any atom is 0.726 e. The molecule has 0 bridgehead atoms. The Hall–Kier alpha value is -0.880. The van der Waals surface area contributed by atoms with Crippen LogP contribution in [0.4, 0.5) is 0 Å². The molecule has 1 unspecified atom stereocenters. The summed E-state index contributed by atoms with van der Waals surface area (Å²) in [5, 5.41) is 0.401. The van der Waals surface area contributed by atoms with E-state index in [2.05, 4.69) is 4.67 Å². The number of carbonyl (C=O) groups excluding carboxylic acids is 1. The molecule has 0 amide bonds. The molecule has 1 aliphatic rings. The molecule has 1 fully saturated rings. The molecule has 1 aliphatic carbocycles.